The molecule has 104 valence electrons. The van der Waals surface area contributed by atoms with Crippen LogP contribution in [0.15, 0.2) is 12.4 Å². The largest absolute Gasteiger partial charge is 0.465 e. The molecule has 1 fully saturated rings. The fourth-order valence-corrected chi connectivity index (χ4v) is 1.92. The molecule has 0 saturated carbocycles. The van der Waals surface area contributed by atoms with Gasteiger partial charge < -0.3 is 15.3 Å². The van der Waals surface area contributed by atoms with Gasteiger partial charge in [-0.2, -0.15) is 13.2 Å². The van der Waals surface area contributed by atoms with E-state index in [0.717, 1.165) is 12.4 Å². The van der Waals surface area contributed by atoms with Gasteiger partial charge in [-0.15, -0.1) is 0 Å². The molecule has 1 atom stereocenters. The number of rotatable bonds is 2. The molecule has 1 unspecified atom stereocenters. The van der Waals surface area contributed by atoms with Crippen LogP contribution in [-0.4, -0.2) is 40.3 Å². The third kappa shape index (κ3) is 3.24. The Morgan fingerprint density at radius 3 is 2.58 bits per heavy atom. The Kier molecular flexibility index (Phi) is 3.45. The second kappa shape index (κ2) is 4.90. The first-order valence-corrected chi connectivity index (χ1v) is 5.50. The van der Waals surface area contributed by atoms with Crippen LogP contribution in [0.1, 0.15) is 12.2 Å². The summed E-state index contributed by atoms with van der Waals surface area (Å²) in [7, 11) is 0. The first kappa shape index (κ1) is 13.4. The lowest BCUT2D eigenvalue weighted by Crippen LogP contribution is -2.36. The number of amides is 1. The van der Waals surface area contributed by atoms with E-state index in [9.17, 15) is 18.0 Å². The molecule has 9 heteroatoms. The maximum atomic E-state index is 12.3. The van der Waals surface area contributed by atoms with E-state index in [0.29, 0.717) is 25.2 Å². The summed E-state index contributed by atoms with van der Waals surface area (Å²) in [5.41, 5.74) is 0.447. The van der Waals surface area contributed by atoms with Gasteiger partial charge in [-0.1, -0.05) is 0 Å². The van der Waals surface area contributed by atoms with Crippen LogP contribution in [0.5, 0.6) is 0 Å². The Balaban J connectivity index is 2.02. The molecule has 1 aliphatic rings. The van der Waals surface area contributed by atoms with E-state index in [-0.39, 0.29) is 6.04 Å². The Morgan fingerprint density at radius 2 is 2.05 bits per heavy atom. The van der Waals surface area contributed by atoms with Crippen molar-refractivity contribution in [1.29, 1.82) is 0 Å². The van der Waals surface area contributed by atoms with Crippen molar-refractivity contribution in [3.05, 3.63) is 18.2 Å². The quantitative estimate of drug-likeness (QED) is 0.852. The topological polar surface area (TPSA) is 78.4 Å². The number of halogens is 3. The predicted molar refractivity (Wildman–Crippen MR) is 58.8 cm³/mol. The van der Waals surface area contributed by atoms with Crippen LogP contribution in [0.2, 0.25) is 0 Å². The van der Waals surface area contributed by atoms with E-state index < -0.39 is 18.1 Å². The van der Waals surface area contributed by atoms with Crippen molar-refractivity contribution in [1.82, 2.24) is 15.3 Å². The van der Waals surface area contributed by atoms with Gasteiger partial charge in [0.1, 0.15) is 0 Å². The fourth-order valence-electron chi connectivity index (χ4n) is 1.92. The zero-order valence-corrected chi connectivity index (χ0v) is 9.68. The molecule has 0 radical (unpaired) electrons. The lowest BCUT2D eigenvalue weighted by atomic mass is 10.3. The number of nitrogens with zero attached hydrogens (tertiary/aromatic N) is 3. The van der Waals surface area contributed by atoms with E-state index in [1.807, 2.05) is 0 Å². The van der Waals surface area contributed by atoms with Gasteiger partial charge in [-0.25, -0.2) is 14.8 Å². The summed E-state index contributed by atoms with van der Waals surface area (Å²) in [6.45, 7) is 0.931. The SMILES string of the molecule is O=C(O)NC1CCN(c2cnc(C(F)(F)F)nc2)C1. The Morgan fingerprint density at radius 1 is 1.42 bits per heavy atom. The molecule has 0 spiro atoms. The van der Waals surface area contributed by atoms with Crippen molar-refractivity contribution in [3.8, 4) is 0 Å². The number of carboxylic acid groups (broad SMARTS) is 1. The monoisotopic (exact) mass is 276 g/mol. The van der Waals surface area contributed by atoms with Crippen molar-refractivity contribution in [2.45, 2.75) is 18.6 Å². The van der Waals surface area contributed by atoms with Crippen molar-refractivity contribution >= 4 is 11.8 Å². The smallest absolute Gasteiger partial charge is 0.451 e. The van der Waals surface area contributed by atoms with E-state index >= 15 is 0 Å². The summed E-state index contributed by atoms with van der Waals surface area (Å²) in [5.74, 6) is -1.18. The van der Waals surface area contributed by atoms with Gasteiger partial charge in [0.05, 0.1) is 24.1 Å². The Bertz CT molecular complexity index is 463. The number of hydrogen-bond donors (Lipinski definition) is 2. The first-order valence-electron chi connectivity index (χ1n) is 5.50. The maximum Gasteiger partial charge on any atom is 0.451 e. The highest BCUT2D eigenvalue weighted by molar-refractivity contribution is 5.65. The molecule has 0 aliphatic carbocycles. The highest BCUT2D eigenvalue weighted by Crippen LogP contribution is 2.27. The van der Waals surface area contributed by atoms with Crippen LogP contribution < -0.4 is 10.2 Å². The summed E-state index contributed by atoms with van der Waals surface area (Å²) >= 11 is 0. The van der Waals surface area contributed by atoms with Gasteiger partial charge >= 0.3 is 12.3 Å². The van der Waals surface area contributed by atoms with E-state index in [1.54, 1.807) is 4.90 Å². The number of carbonyl (C=O) groups is 1. The van der Waals surface area contributed by atoms with Crippen molar-refractivity contribution < 1.29 is 23.1 Å². The van der Waals surface area contributed by atoms with E-state index in [4.69, 9.17) is 5.11 Å². The molecule has 6 nitrogen and oxygen atoms in total. The minimum absolute atomic E-state index is 0.236. The third-order valence-electron chi connectivity index (χ3n) is 2.77. The normalized spacial score (nSPS) is 19.5. The lowest BCUT2D eigenvalue weighted by Gasteiger charge is -2.18. The van der Waals surface area contributed by atoms with Gasteiger partial charge in [-0.3, -0.25) is 0 Å². The summed E-state index contributed by atoms with van der Waals surface area (Å²) in [4.78, 5) is 18.7. The molecular weight excluding hydrogens is 265 g/mol. The second-order valence-corrected chi connectivity index (χ2v) is 4.14. The summed E-state index contributed by atoms with van der Waals surface area (Å²) in [6.07, 6.45) is -2.89. The number of aromatic nitrogens is 2. The van der Waals surface area contributed by atoms with Crippen LogP contribution in [0, 0.1) is 0 Å². The van der Waals surface area contributed by atoms with Gasteiger partial charge in [0.2, 0.25) is 5.82 Å². The minimum Gasteiger partial charge on any atom is -0.465 e. The maximum absolute atomic E-state index is 12.3. The third-order valence-corrected chi connectivity index (χ3v) is 2.77. The summed E-state index contributed by atoms with van der Waals surface area (Å²) in [5, 5.41) is 10.9. The molecule has 0 bridgehead atoms. The average molecular weight is 276 g/mol. The number of hydrogen-bond acceptors (Lipinski definition) is 4. The predicted octanol–water partition coefficient (Wildman–Crippen LogP) is 1.34. The zero-order chi connectivity index (χ0) is 14.0. The molecule has 0 aromatic carbocycles. The summed E-state index contributed by atoms with van der Waals surface area (Å²) < 4.78 is 36.9. The summed E-state index contributed by atoms with van der Waals surface area (Å²) in [6, 6.07) is -0.236. The van der Waals surface area contributed by atoms with Gasteiger partial charge in [0.25, 0.3) is 0 Å². The molecule has 19 heavy (non-hydrogen) atoms. The highest BCUT2D eigenvalue weighted by atomic mass is 19.4. The van der Waals surface area contributed by atoms with E-state index in [1.165, 1.54) is 0 Å². The molecule has 1 amide bonds. The first-order chi connectivity index (χ1) is 8.86. The molecule has 2 heterocycles. The second-order valence-electron chi connectivity index (χ2n) is 4.14. The zero-order valence-electron chi connectivity index (χ0n) is 9.68. The minimum atomic E-state index is -4.56. The van der Waals surface area contributed by atoms with E-state index in [2.05, 4.69) is 15.3 Å². The Labute approximate surface area is 106 Å². The van der Waals surface area contributed by atoms with Gasteiger partial charge in [0, 0.05) is 13.1 Å². The highest BCUT2D eigenvalue weighted by Gasteiger charge is 2.34. The molecule has 1 saturated heterocycles. The van der Waals surface area contributed by atoms with Gasteiger partial charge in [0.15, 0.2) is 0 Å². The van der Waals surface area contributed by atoms with Crippen molar-refractivity contribution in [2.75, 3.05) is 18.0 Å². The number of alkyl halides is 3. The molecule has 2 rings (SSSR count). The lowest BCUT2D eigenvalue weighted by molar-refractivity contribution is -0.144. The molecule has 1 aromatic rings. The molecular formula is C10H11F3N4O2. The number of anilines is 1. The van der Waals surface area contributed by atoms with Crippen LogP contribution in [0.25, 0.3) is 0 Å². The van der Waals surface area contributed by atoms with Gasteiger partial charge in [-0.05, 0) is 6.42 Å². The fraction of sp³-hybridized carbons (Fsp3) is 0.500. The van der Waals surface area contributed by atoms with Crippen LogP contribution in [0.3, 0.4) is 0 Å². The van der Waals surface area contributed by atoms with Crippen molar-refractivity contribution in [2.24, 2.45) is 0 Å². The van der Waals surface area contributed by atoms with Crippen molar-refractivity contribution in [3.63, 3.8) is 0 Å². The average Bonchev–Trinajstić information content (AvgIpc) is 2.75. The van der Waals surface area contributed by atoms with Crippen LogP contribution >= 0.6 is 0 Å². The van der Waals surface area contributed by atoms with Crippen LogP contribution in [0.4, 0.5) is 23.7 Å². The molecule has 1 aromatic heterocycles. The molecule has 2 N–H and O–H groups in total. The number of nitrogens with one attached hydrogen (secondary N) is 1. The Hall–Kier alpha value is -2.06. The molecule has 1 aliphatic heterocycles. The standard InChI is InChI=1S/C10H11F3N4O2/c11-10(12,13)8-14-3-7(4-15-8)17-2-1-6(5-17)16-9(18)19/h3-4,6,16H,1-2,5H2,(H,18,19). The van der Waals surface area contributed by atoms with Crippen LogP contribution in [-0.2, 0) is 6.18 Å².